The molecular weight excluding hydrogens is 498 g/mol. The quantitative estimate of drug-likeness (QED) is 0.334. The molecule has 1 heterocycles. The fourth-order valence-electron chi connectivity index (χ4n) is 3.90. The number of hydrogen-bond acceptors (Lipinski definition) is 7. The van der Waals surface area contributed by atoms with Crippen LogP contribution in [0.1, 0.15) is 11.6 Å². The molecule has 10 heteroatoms. The highest BCUT2D eigenvalue weighted by molar-refractivity contribution is 5.97. The minimum atomic E-state index is -0.593. The minimum Gasteiger partial charge on any atom is -1.00 e. The molecule has 0 radical (unpaired) electrons. The summed E-state index contributed by atoms with van der Waals surface area (Å²) in [7, 11) is 6.18. The summed E-state index contributed by atoms with van der Waals surface area (Å²) in [5, 5.41) is 6.95. The summed E-state index contributed by atoms with van der Waals surface area (Å²) >= 11 is 0. The van der Waals surface area contributed by atoms with Crippen molar-refractivity contribution in [3.8, 4) is 45.4 Å². The van der Waals surface area contributed by atoms with Crippen LogP contribution in [0.4, 0.5) is 5.69 Å². The van der Waals surface area contributed by atoms with E-state index < -0.39 is 6.04 Å². The third-order valence-electron chi connectivity index (χ3n) is 5.78. The Morgan fingerprint density at radius 2 is 1.51 bits per heavy atom. The number of aromatic nitrogens is 1. The van der Waals surface area contributed by atoms with Crippen molar-refractivity contribution in [1.29, 1.82) is 0 Å². The Bertz CT molecular complexity index is 1330. The van der Waals surface area contributed by atoms with Gasteiger partial charge in [0.2, 0.25) is 5.75 Å². The monoisotopic (exact) mass is 525 g/mol. The lowest BCUT2D eigenvalue weighted by Crippen LogP contribution is -3.00. The molecule has 1 amide bonds. The van der Waals surface area contributed by atoms with Crippen LogP contribution >= 0.6 is 0 Å². The smallest absolute Gasteiger partial charge is 0.287 e. The number of amides is 1. The van der Waals surface area contributed by atoms with E-state index in [0.29, 0.717) is 45.6 Å². The Balaban J connectivity index is 0.00000380. The van der Waals surface area contributed by atoms with Crippen molar-refractivity contribution in [3.05, 3.63) is 72.4 Å². The van der Waals surface area contributed by atoms with Crippen molar-refractivity contribution in [2.24, 2.45) is 0 Å². The van der Waals surface area contributed by atoms with Crippen LogP contribution in [0, 0.1) is 0 Å². The topological polar surface area (TPSA) is 120 Å². The van der Waals surface area contributed by atoms with E-state index in [1.807, 2.05) is 42.5 Å². The first kappa shape index (κ1) is 27.4. The largest absolute Gasteiger partial charge is 1.00 e. The van der Waals surface area contributed by atoms with Crippen molar-refractivity contribution in [2.45, 2.75) is 6.04 Å². The van der Waals surface area contributed by atoms with Crippen LogP contribution in [-0.4, -0.2) is 39.5 Å². The van der Waals surface area contributed by atoms with Gasteiger partial charge in [0.05, 0.1) is 40.3 Å². The fraction of sp³-hybridized carbons (Fsp3) is 0.185. The first-order valence-electron chi connectivity index (χ1n) is 11.1. The molecule has 0 fully saturated rings. The lowest BCUT2D eigenvalue weighted by Gasteiger charge is -2.15. The van der Waals surface area contributed by atoms with Crippen LogP contribution in [0.15, 0.2) is 71.4 Å². The predicted molar refractivity (Wildman–Crippen MR) is 134 cm³/mol. The maximum absolute atomic E-state index is 13.0. The summed E-state index contributed by atoms with van der Waals surface area (Å²) in [5.74, 6) is 2.19. The van der Waals surface area contributed by atoms with Crippen molar-refractivity contribution < 1.29 is 46.4 Å². The Hall–Kier alpha value is -4.21. The second-order valence-corrected chi connectivity index (χ2v) is 7.85. The Morgan fingerprint density at radius 1 is 0.865 bits per heavy atom. The van der Waals surface area contributed by atoms with Gasteiger partial charge in [0.15, 0.2) is 23.3 Å². The maximum atomic E-state index is 13.0. The Kier molecular flexibility index (Phi) is 9.00. The van der Waals surface area contributed by atoms with Gasteiger partial charge < -0.3 is 46.9 Å². The number of quaternary nitrogens is 1. The normalized spacial score (nSPS) is 11.2. The molecule has 0 saturated heterocycles. The van der Waals surface area contributed by atoms with Gasteiger partial charge in [0.25, 0.3) is 5.91 Å². The molecule has 4 aromatic rings. The van der Waals surface area contributed by atoms with Gasteiger partial charge in [-0.1, -0.05) is 41.6 Å². The predicted octanol–water partition coefficient (Wildman–Crippen LogP) is 0.969. The molecule has 1 atom stereocenters. The van der Waals surface area contributed by atoms with E-state index in [1.54, 1.807) is 52.8 Å². The first-order valence-corrected chi connectivity index (χ1v) is 11.1. The molecule has 1 aromatic heterocycles. The van der Waals surface area contributed by atoms with Gasteiger partial charge in [-0.25, -0.2) is 0 Å². The molecule has 3 aromatic carbocycles. The number of anilines is 1. The highest BCUT2D eigenvalue weighted by Gasteiger charge is 2.23. The maximum Gasteiger partial charge on any atom is 0.287 e. The molecule has 194 valence electrons. The molecule has 0 bridgehead atoms. The van der Waals surface area contributed by atoms with Crippen LogP contribution < -0.4 is 42.4 Å². The van der Waals surface area contributed by atoms with E-state index in [0.717, 1.165) is 11.1 Å². The van der Waals surface area contributed by atoms with Crippen LogP contribution in [-0.2, 0) is 4.79 Å². The Labute approximate surface area is 220 Å². The van der Waals surface area contributed by atoms with Crippen LogP contribution in [0.2, 0.25) is 0 Å². The molecule has 9 nitrogen and oxygen atoms in total. The second-order valence-electron chi connectivity index (χ2n) is 7.85. The van der Waals surface area contributed by atoms with Gasteiger partial charge >= 0.3 is 0 Å². The molecule has 1 unspecified atom stereocenters. The summed E-state index contributed by atoms with van der Waals surface area (Å²) in [5.41, 5.74) is 7.48. The van der Waals surface area contributed by atoms with E-state index in [4.69, 9.17) is 23.5 Å². The van der Waals surface area contributed by atoms with Gasteiger partial charge in [-0.2, -0.15) is 0 Å². The number of benzene rings is 3. The summed E-state index contributed by atoms with van der Waals surface area (Å²) in [4.78, 5) is 13.0. The summed E-state index contributed by atoms with van der Waals surface area (Å²) < 4.78 is 27.5. The molecule has 0 saturated carbocycles. The molecule has 0 spiro atoms. The SMILES string of the molecule is COc1ccc(-c2cnoc2-c2cc(OC)c(OC)c(OC)c2)cc1NC(=O)C([NH3+])c1ccccc1.[Cl-]. The number of methoxy groups -OCH3 is 4. The lowest BCUT2D eigenvalue weighted by molar-refractivity contribution is -0.408. The van der Waals surface area contributed by atoms with Crippen molar-refractivity contribution in [2.75, 3.05) is 33.8 Å². The second kappa shape index (κ2) is 12.2. The summed E-state index contributed by atoms with van der Waals surface area (Å²) in [6.45, 7) is 0. The number of nitrogens with zero attached hydrogens (tertiary/aromatic N) is 1. The average Bonchev–Trinajstić information content (AvgIpc) is 3.42. The number of ether oxygens (including phenoxy) is 4. The average molecular weight is 526 g/mol. The highest BCUT2D eigenvalue weighted by Crippen LogP contribution is 2.44. The van der Waals surface area contributed by atoms with Gasteiger partial charge in [-0.15, -0.1) is 0 Å². The molecule has 0 aliphatic heterocycles. The zero-order valence-electron chi connectivity index (χ0n) is 20.9. The van der Waals surface area contributed by atoms with Crippen molar-refractivity contribution in [3.63, 3.8) is 0 Å². The lowest BCUT2D eigenvalue weighted by atomic mass is 10.0. The number of rotatable bonds is 9. The number of carbonyl (C=O) groups is 1. The van der Waals surface area contributed by atoms with Crippen molar-refractivity contribution in [1.82, 2.24) is 5.16 Å². The molecule has 0 aliphatic rings. The van der Waals surface area contributed by atoms with Crippen LogP contribution in [0.25, 0.3) is 22.5 Å². The molecule has 4 rings (SSSR count). The minimum absolute atomic E-state index is 0. The summed E-state index contributed by atoms with van der Waals surface area (Å²) in [6, 6.07) is 17.8. The number of carbonyl (C=O) groups excluding carboxylic acids is 1. The summed E-state index contributed by atoms with van der Waals surface area (Å²) in [6.07, 6.45) is 1.61. The van der Waals surface area contributed by atoms with Gasteiger partial charge in [0.1, 0.15) is 5.75 Å². The molecule has 37 heavy (non-hydrogen) atoms. The standard InChI is InChI=1S/C27H27N3O6.ClH/c1-32-21-11-10-17(12-20(21)30-27(31)24(28)16-8-6-5-7-9-16)19-15-29-36-25(19)18-13-22(33-2)26(35-4)23(14-18)34-3;/h5-15,24H,28H2,1-4H3,(H,30,31);1H. The van der Waals surface area contributed by atoms with Crippen LogP contribution in [0.5, 0.6) is 23.0 Å². The number of hydrogen-bond donors (Lipinski definition) is 2. The van der Waals surface area contributed by atoms with Crippen molar-refractivity contribution >= 4 is 11.6 Å². The fourth-order valence-corrected chi connectivity index (χ4v) is 3.90. The zero-order chi connectivity index (χ0) is 25.7. The molecule has 0 aliphatic carbocycles. The van der Waals surface area contributed by atoms with Gasteiger partial charge in [-0.05, 0) is 29.8 Å². The highest BCUT2D eigenvalue weighted by atomic mass is 35.5. The van der Waals surface area contributed by atoms with Gasteiger partial charge in [0, 0.05) is 16.7 Å². The van der Waals surface area contributed by atoms with E-state index in [2.05, 4.69) is 16.2 Å². The van der Waals surface area contributed by atoms with E-state index >= 15 is 0 Å². The third-order valence-corrected chi connectivity index (χ3v) is 5.78. The van der Waals surface area contributed by atoms with E-state index in [9.17, 15) is 4.79 Å². The molecule has 4 N–H and O–H groups in total. The third kappa shape index (κ3) is 5.63. The first-order chi connectivity index (χ1) is 17.5. The van der Waals surface area contributed by atoms with Crippen LogP contribution in [0.3, 0.4) is 0 Å². The zero-order valence-corrected chi connectivity index (χ0v) is 21.7. The van der Waals surface area contributed by atoms with Gasteiger partial charge in [-0.3, -0.25) is 4.79 Å². The number of nitrogens with one attached hydrogen (secondary N) is 1. The number of halogens is 1. The van der Waals surface area contributed by atoms with E-state index in [1.165, 1.54) is 0 Å². The Morgan fingerprint density at radius 3 is 2.11 bits per heavy atom. The van der Waals surface area contributed by atoms with E-state index in [-0.39, 0.29) is 18.3 Å². The molecular formula is C27H28ClN3O6.